The lowest BCUT2D eigenvalue weighted by Crippen LogP contribution is -2.67. The normalized spacial score (nSPS) is 26.0. The molecule has 1 N–H and O–H groups in total. The van der Waals surface area contributed by atoms with E-state index >= 15 is 0 Å². The van der Waals surface area contributed by atoms with Gasteiger partial charge in [0.2, 0.25) is 0 Å². The van der Waals surface area contributed by atoms with Crippen LogP contribution >= 0.6 is 0 Å². The molecule has 0 radical (unpaired) electrons. The minimum Gasteiger partial charge on any atom is -0.407 e. The largest absolute Gasteiger partial charge is 0.407 e. The van der Waals surface area contributed by atoms with Gasteiger partial charge in [0.15, 0.2) is 12.1 Å². The fraction of sp³-hybridized carbons (Fsp3) is 0.647. The van der Waals surface area contributed by atoms with Gasteiger partial charge >= 0.3 is 0 Å². The summed E-state index contributed by atoms with van der Waals surface area (Å²) in [4.78, 5) is 0. The number of aliphatic hydroxyl groups excluding tert-OH is 1. The lowest BCUT2D eigenvalue weighted by atomic mass is 9.80. The van der Waals surface area contributed by atoms with Crippen LogP contribution in [0, 0.1) is 17.8 Å². The van der Waals surface area contributed by atoms with Gasteiger partial charge in [0, 0.05) is 30.8 Å². The summed E-state index contributed by atoms with van der Waals surface area (Å²) in [7, 11) is -2.66. The van der Waals surface area contributed by atoms with Gasteiger partial charge in [-0.3, -0.25) is 0 Å². The summed E-state index contributed by atoms with van der Waals surface area (Å²) in [5.41, 5.74) is 0. The molecule has 2 heterocycles. The molecule has 0 spiro atoms. The highest BCUT2D eigenvalue weighted by molar-refractivity contribution is 6.99. The second-order valence-electron chi connectivity index (χ2n) is 13.6. The van der Waals surface area contributed by atoms with Gasteiger partial charge < -0.3 is 28.5 Å². The van der Waals surface area contributed by atoms with Crippen LogP contribution in [0.5, 0.6) is 0 Å². The van der Waals surface area contributed by atoms with E-state index in [-0.39, 0.29) is 41.3 Å². The van der Waals surface area contributed by atoms with Crippen molar-refractivity contribution in [1.29, 1.82) is 0 Å². The molecule has 2 fully saturated rings. The van der Waals surface area contributed by atoms with Crippen LogP contribution in [0.15, 0.2) is 60.7 Å². The SMILES string of the molecule is C[C@H]([C@@H]1OC(C)(C)O[C@H]([C@H](C)CO[Si](c2ccccc2)(c2ccccc2)C(C)(C)C)[C@H]1C)[C@H](O)CCC1OCCO1. The Bertz CT molecular complexity index is 1030. The maximum Gasteiger partial charge on any atom is 0.261 e. The average molecular weight is 585 g/mol. The quantitative estimate of drug-likeness (QED) is 0.352. The molecule has 0 unspecified atom stereocenters. The zero-order chi connectivity index (χ0) is 29.8. The molecule has 0 amide bonds. The van der Waals surface area contributed by atoms with Gasteiger partial charge in [0.05, 0.1) is 31.5 Å². The molecule has 4 rings (SSSR count). The van der Waals surface area contributed by atoms with E-state index in [4.69, 9.17) is 23.4 Å². The van der Waals surface area contributed by atoms with Crippen molar-refractivity contribution in [2.45, 2.75) is 104 Å². The second-order valence-corrected chi connectivity index (χ2v) is 17.9. The van der Waals surface area contributed by atoms with Crippen LogP contribution in [0.1, 0.15) is 68.2 Å². The van der Waals surface area contributed by atoms with Gasteiger partial charge in [-0.15, -0.1) is 0 Å². The van der Waals surface area contributed by atoms with E-state index in [1.807, 2.05) is 13.8 Å². The van der Waals surface area contributed by atoms with Crippen LogP contribution in [0.4, 0.5) is 0 Å². The van der Waals surface area contributed by atoms with Crippen molar-refractivity contribution in [3.05, 3.63) is 60.7 Å². The monoisotopic (exact) mass is 584 g/mol. The maximum absolute atomic E-state index is 11.1. The van der Waals surface area contributed by atoms with Crippen LogP contribution < -0.4 is 10.4 Å². The molecule has 41 heavy (non-hydrogen) atoms. The van der Waals surface area contributed by atoms with Gasteiger partial charge in [-0.05, 0) is 35.7 Å². The third kappa shape index (κ3) is 7.32. The lowest BCUT2D eigenvalue weighted by Gasteiger charge is -2.50. The number of hydrogen-bond donors (Lipinski definition) is 1. The molecule has 0 saturated carbocycles. The topological polar surface area (TPSA) is 66.4 Å². The first-order valence-corrected chi connectivity index (χ1v) is 17.3. The standard InChI is InChI=1S/C34H52O6Si/c1-24(23-38-41(33(4,5)6,27-15-11-9-12-16-27)28-17-13-10-14-18-28)31-26(3)32(40-34(7,8)39-31)25(2)29(35)19-20-30-36-21-22-37-30/h9-18,24-26,29-32,35H,19-23H2,1-8H3/t24-,25+,26-,29-,31-,32+/m1/s1. The van der Waals surface area contributed by atoms with E-state index in [1.54, 1.807) is 0 Å². The number of ether oxygens (including phenoxy) is 4. The molecule has 0 aliphatic carbocycles. The zero-order valence-electron chi connectivity index (χ0n) is 26.3. The molecule has 6 nitrogen and oxygen atoms in total. The molecule has 0 bridgehead atoms. The molecule has 2 aromatic carbocycles. The van der Waals surface area contributed by atoms with Gasteiger partial charge in [-0.1, -0.05) is 102 Å². The van der Waals surface area contributed by atoms with Crippen molar-refractivity contribution in [2.24, 2.45) is 17.8 Å². The Hall–Kier alpha value is -1.58. The van der Waals surface area contributed by atoms with E-state index in [9.17, 15) is 5.11 Å². The fourth-order valence-corrected chi connectivity index (χ4v) is 11.4. The minimum atomic E-state index is -2.66. The Morgan fingerprint density at radius 1 is 0.902 bits per heavy atom. The number of rotatable bonds is 11. The van der Waals surface area contributed by atoms with Gasteiger partial charge in [0.25, 0.3) is 8.32 Å². The number of benzene rings is 2. The van der Waals surface area contributed by atoms with Crippen molar-refractivity contribution in [3.8, 4) is 0 Å². The maximum atomic E-state index is 11.1. The Balaban J connectivity index is 1.54. The molecule has 2 aromatic rings. The van der Waals surface area contributed by atoms with Crippen LogP contribution in [0.3, 0.4) is 0 Å². The first-order chi connectivity index (χ1) is 19.4. The van der Waals surface area contributed by atoms with Crippen molar-refractivity contribution in [2.75, 3.05) is 19.8 Å². The highest BCUT2D eigenvalue weighted by atomic mass is 28.4. The minimum absolute atomic E-state index is 0.0677. The molecule has 6 atom stereocenters. The van der Waals surface area contributed by atoms with Crippen LogP contribution in [-0.2, 0) is 23.4 Å². The van der Waals surface area contributed by atoms with Crippen molar-refractivity contribution >= 4 is 18.7 Å². The Morgan fingerprint density at radius 3 is 1.93 bits per heavy atom. The van der Waals surface area contributed by atoms with Crippen molar-refractivity contribution in [3.63, 3.8) is 0 Å². The Labute approximate surface area is 248 Å². The molecule has 228 valence electrons. The fourth-order valence-electron chi connectivity index (χ4n) is 6.78. The van der Waals surface area contributed by atoms with Crippen LogP contribution in [-0.4, -0.2) is 63.6 Å². The molecule has 7 heteroatoms. The highest BCUT2D eigenvalue weighted by Crippen LogP contribution is 2.41. The third-order valence-corrected chi connectivity index (χ3v) is 13.9. The molecular weight excluding hydrogens is 532 g/mol. The molecular formula is C34H52O6Si. The number of aliphatic hydroxyl groups is 1. The van der Waals surface area contributed by atoms with Gasteiger partial charge in [-0.2, -0.15) is 0 Å². The first-order valence-electron chi connectivity index (χ1n) is 15.4. The lowest BCUT2D eigenvalue weighted by molar-refractivity contribution is -0.338. The molecule has 2 aliphatic rings. The summed E-state index contributed by atoms with van der Waals surface area (Å²) in [6, 6.07) is 21.5. The summed E-state index contributed by atoms with van der Waals surface area (Å²) >= 11 is 0. The predicted molar refractivity (Wildman–Crippen MR) is 166 cm³/mol. The van der Waals surface area contributed by atoms with Crippen molar-refractivity contribution < 1.29 is 28.5 Å². The van der Waals surface area contributed by atoms with Gasteiger partial charge in [-0.25, -0.2) is 0 Å². The van der Waals surface area contributed by atoms with E-state index in [0.717, 1.165) is 0 Å². The van der Waals surface area contributed by atoms with Crippen LogP contribution in [0.25, 0.3) is 0 Å². The summed E-state index contributed by atoms with van der Waals surface area (Å²) in [6.45, 7) is 19.2. The van der Waals surface area contributed by atoms with E-state index in [0.29, 0.717) is 32.7 Å². The molecule has 2 saturated heterocycles. The van der Waals surface area contributed by atoms with E-state index in [2.05, 4.69) is 102 Å². The van der Waals surface area contributed by atoms with Crippen LogP contribution in [0.2, 0.25) is 5.04 Å². The third-order valence-electron chi connectivity index (χ3n) is 8.93. The number of hydrogen-bond acceptors (Lipinski definition) is 6. The summed E-state index contributed by atoms with van der Waals surface area (Å²) in [5, 5.41) is 13.6. The highest BCUT2D eigenvalue weighted by Gasteiger charge is 2.52. The summed E-state index contributed by atoms with van der Waals surface area (Å²) in [5.74, 6) is -0.646. The molecule has 2 aliphatic heterocycles. The van der Waals surface area contributed by atoms with Crippen molar-refractivity contribution in [1.82, 2.24) is 0 Å². The summed E-state index contributed by atoms with van der Waals surface area (Å²) < 4.78 is 31.5. The smallest absolute Gasteiger partial charge is 0.261 e. The average Bonchev–Trinajstić information content (AvgIpc) is 3.47. The first kappa shape index (κ1) is 32.3. The zero-order valence-corrected chi connectivity index (χ0v) is 27.3. The molecule has 0 aromatic heterocycles. The van der Waals surface area contributed by atoms with E-state index < -0.39 is 20.2 Å². The second kappa shape index (κ2) is 13.4. The Morgan fingerprint density at radius 2 is 1.41 bits per heavy atom. The summed E-state index contributed by atoms with van der Waals surface area (Å²) in [6.07, 6.45) is 0.314. The predicted octanol–water partition coefficient (Wildman–Crippen LogP) is 5.51. The van der Waals surface area contributed by atoms with Gasteiger partial charge in [0.1, 0.15) is 0 Å². The van der Waals surface area contributed by atoms with E-state index in [1.165, 1.54) is 10.4 Å². The Kier molecular flexibility index (Phi) is 10.5.